The molecule has 2 heterocycles. The van der Waals surface area contributed by atoms with Gasteiger partial charge in [-0.15, -0.1) is 0 Å². The van der Waals surface area contributed by atoms with Gasteiger partial charge in [0.15, 0.2) is 0 Å². The van der Waals surface area contributed by atoms with E-state index in [-0.39, 0.29) is 0 Å². The van der Waals surface area contributed by atoms with Gasteiger partial charge in [-0.25, -0.2) is 9.67 Å². The maximum atomic E-state index is 5.71. The van der Waals surface area contributed by atoms with Crippen LogP contribution < -0.4 is 5.73 Å². The van der Waals surface area contributed by atoms with E-state index in [2.05, 4.69) is 31.0 Å². The second kappa shape index (κ2) is 3.55. The van der Waals surface area contributed by atoms with E-state index in [0.717, 1.165) is 0 Å². The van der Waals surface area contributed by atoms with Gasteiger partial charge in [0.05, 0.1) is 17.4 Å². The summed E-state index contributed by atoms with van der Waals surface area (Å²) >= 11 is 8.92. The van der Waals surface area contributed by atoms with E-state index in [0.29, 0.717) is 21.4 Å². The molecule has 0 atom stereocenters. The van der Waals surface area contributed by atoms with Crippen LogP contribution in [0.3, 0.4) is 0 Å². The van der Waals surface area contributed by atoms with Crippen molar-refractivity contribution in [3.63, 3.8) is 0 Å². The Morgan fingerprint density at radius 2 is 2.21 bits per heavy atom. The topological polar surface area (TPSA) is 69.6 Å². The van der Waals surface area contributed by atoms with Gasteiger partial charge in [-0.3, -0.25) is 0 Å². The molecule has 0 aliphatic carbocycles. The predicted octanol–water partition coefficient (Wildman–Crippen LogP) is 1.66. The lowest BCUT2D eigenvalue weighted by Crippen LogP contribution is -2.04. The van der Waals surface area contributed by atoms with Crippen LogP contribution in [0.15, 0.2) is 23.1 Å². The summed E-state index contributed by atoms with van der Waals surface area (Å²) in [4.78, 5) is 8.08. The Balaban J connectivity index is 2.51. The fourth-order valence-electron chi connectivity index (χ4n) is 0.935. The molecular formula is C7H5BrClN5. The van der Waals surface area contributed by atoms with Gasteiger partial charge >= 0.3 is 0 Å². The average molecular weight is 275 g/mol. The molecule has 0 spiro atoms. The maximum absolute atomic E-state index is 5.71. The number of hydrogen-bond donors (Lipinski definition) is 1. The molecular weight excluding hydrogens is 269 g/mol. The molecule has 5 nitrogen and oxygen atoms in total. The Morgan fingerprint density at radius 1 is 1.43 bits per heavy atom. The minimum Gasteiger partial charge on any atom is -0.383 e. The fourth-order valence-corrected chi connectivity index (χ4v) is 1.46. The molecule has 72 valence electrons. The molecule has 14 heavy (non-hydrogen) atoms. The number of halogens is 2. The van der Waals surface area contributed by atoms with Gasteiger partial charge in [-0.2, -0.15) is 10.1 Å². The van der Waals surface area contributed by atoms with Crippen molar-refractivity contribution in [1.29, 1.82) is 0 Å². The van der Waals surface area contributed by atoms with Crippen LogP contribution in [0, 0.1) is 0 Å². The van der Waals surface area contributed by atoms with Crippen LogP contribution in [0.25, 0.3) is 5.95 Å². The standard InChI is InChI=1S/C7H5BrClN5/c8-5-1-6(10)13-7(12-5)14-3-4(9)2-11-14/h1-3H,(H2,10,12,13). The highest BCUT2D eigenvalue weighted by atomic mass is 79.9. The van der Waals surface area contributed by atoms with Crippen molar-refractivity contribution in [2.75, 3.05) is 5.73 Å². The summed E-state index contributed by atoms with van der Waals surface area (Å²) in [5, 5.41) is 4.47. The number of rotatable bonds is 1. The van der Waals surface area contributed by atoms with Crippen LogP contribution in [-0.2, 0) is 0 Å². The Bertz CT molecular complexity index is 449. The van der Waals surface area contributed by atoms with Gasteiger partial charge in [0.25, 0.3) is 5.95 Å². The molecule has 2 aromatic rings. The highest BCUT2D eigenvalue weighted by Crippen LogP contribution is 2.13. The van der Waals surface area contributed by atoms with Crippen LogP contribution in [-0.4, -0.2) is 19.7 Å². The van der Waals surface area contributed by atoms with Crippen LogP contribution >= 0.6 is 27.5 Å². The van der Waals surface area contributed by atoms with Crippen molar-refractivity contribution < 1.29 is 0 Å². The van der Waals surface area contributed by atoms with E-state index in [1.807, 2.05) is 0 Å². The lowest BCUT2D eigenvalue weighted by atomic mass is 10.6. The lowest BCUT2D eigenvalue weighted by molar-refractivity contribution is 0.806. The zero-order chi connectivity index (χ0) is 10.1. The quantitative estimate of drug-likeness (QED) is 0.803. The Hall–Kier alpha value is -1.14. The highest BCUT2D eigenvalue weighted by Gasteiger charge is 2.04. The molecule has 7 heteroatoms. The molecule has 0 saturated heterocycles. The summed E-state index contributed by atoms with van der Waals surface area (Å²) in [5.41, 5.74) is 5.55. The highest BCUT2D eigenvalue weighted by molar-refractivity contribution is 9.10. The minimum absolute atomic E-state index is 0.369. The first-order chi connectivity index (χ1) is 6.65. The van der Waals surface area contributed by atoms with Crippen molar-refractivity contribution in [3.8, 4) is 5.95 Å². The monoisotopic (exact) mass is 273 g/mol. The average Bonchev–Trinajstić information content (AvgIpc) is 2.50. The molecule has 0 amide bonds. The van der Waals surface area contributed by atoms with Gasteiger partial charge in [-0.05, 0) is 15.9 Å². The number of nitrogens with two attached hydrogens (primary N) is 1. The Morgan fingerprint density at radius 3 is 2.79 bits per heavy atom. The molecule has 2 N–H and O–H groups in total. The zero-order valence-corrected chi connectivity index (χ0v) is 9.20. The molecule has 0 unspecified atom stereocenters. The largest absolute Gasteiger partial charge is 0.383 e. The van der Waals surface area contributed by atoms with Crippen molar-refractivity contribution in [3.05, 3.63) is 28.1 Å². The van der Waals surface area contributed by atoms with Gasteiger partial charge in [0.2, 0.25) is 0 Å². The summed E-state index contributed by atoms with van der Waals surface area (Å²) in [7, 11) is 0. The van der Waals surface area contributed by atoms with Crippen molar-refractivity contribution in [2.24, 2.45) is 0 Å². The summed E-state index contributed by atoms with van der Waals surface area (Å²) in [6, 6.07) is 1.61. The summed E-state index contributed by atoms with van der Waals surface area (Å²) in [6.45, 7) is 0. The third-order valence-corrected chi connectivity index (χ3v) is 2.06. The van der Waals surface area contributed by atoms with Gasteiger partial charge in [-0.1, -0.05) is 11.6 Å². The number of nitrogen functional groups attached to an aromatic ring is 1. The maximum Gasteiger partial charge on any atom is 0.253 e. The first-order valence-corrected chi connectivity index (χ1v) is 4.83. The SMILES string of the molecule is Nc1cc(Br)nc(-n2cc(Cl)cn2)n1. The van der Waals surface area contributed by atoms with Crippen LogP contribution in [0.4, 0.5) is 5.82 Å². The molecule has 0 bridgehead atoms. The first kappa shape index (κ1) is 9.42. The summed E-state index contributed by atoms with van der Waals surface area (Å²) in [6.07, 6.45) is 3.10. The van der Waals surface area contributed by atoms with E-state index in [4.69, 9.17) is 17.3 Å². The smallest absolute Gasteiger partial charge is 0.253 e. The third-order valence-electron chi connectivity index (χ3n) is 1.46. The molecule has 0 aromatic carbocycles. The molecule has 0 aliphatic rings. The molecule has 0 aliphatic heterocycles. The second-order valence-corrected chi connectivity index (χ2v) is 3.77. The van der Waals surface area contributed by atoms with Crippen molar-refractivity contribution in [1.82, 2.24) is 19.7 Å². The summed E-state index contributed by atoms with van der Waals surface area (Å²) < 4.78 is 2.05. The van der Waals surface area contributed by atoms with Crippen LogP contribution in [0.2, 0.25) is 5.02 Å². The first-order valence-electron chi connectivity index (χ1n) is 3.66. The van der Waals surface area contributed by atoms with Crippen molar-refractivity contribution >= 4 is 33.3 Å². The van der Waals surface area contributed by atoms with Crippen LogP contribution in [0.5, 0.6) is 0 Å². The summed E-state index contributed by atoms with van der Waals surface area (Å²) in [5.74, 6) is 0.747. The number of anilines is 1. The van der Waals surface area contributed by atoms with Gasteiger partial charge < -0.3 is 5.73 Å². The lowest BCUT2D eigenvalue weighted by Gasteiger charge is -2.00. The zero-order valence-electron chi connectivity index (χ0n) is 6.85. The van der Waals surface area contributed by atoms with E-state index in [9.17, 15) is 0 Å². The van der Waals surface area contributed by atoms with Gasteiger partial charge in [0, 0.05) is 6.07 Å². The normalized spacial score (nSPS) is 10.4. The molecule has 0 radical (unpaired) electrons. The number of hydrogen-bond acceptors (Lipinski definition) is 4. The molecule has 0 fully saturated rings. The fraction of sp³-hybridized carbons (Fsp3) is 0. The Labute approximate surface area is 93.0 Å². The number of nitrogens with zero attached hydrogens (tertiary/aromatic N) is 4. The minimum atomic E-state index is 0.369. The molecule has 2 aromatic heterocycles. The number of aromatic nitrogens is 4. The predicted molar refractivity (Wildman–Crippen MR) is 56.3 cm³/mol. The van der Waals surface area contributed by atoms with Crippen LogP contribution in [0.1, 0.15) is 0 Å². The third kappa shape index (κ3) is 1.85. The Kier molecular flexibility index (Phi) is 2.39. The van der Waals surface area contributed by atoms with E-state index in [1.54, 1.807) is 12.3 Å². The second-order valence-electron chi connectivity index (χ2n) is 2.52. The molecule has 0 saturated carbocycles. The van der Waals surface area contributed by atoms with E-state index >= 15 is 0 Å². The van der Waals surface area contributed by atoms with Gasteiger partial charge in [0.1, 0.15) is 10.4 Å². The van der Waals surface area contributed by atoms with Crippen molar-refractivity contribution in [2.45, 2.75) is 0 Å². The van der Waals surface area contributed by atoms with E-state index < -0.39 is 0 Å². The van der Waals surface area contributed by atoms with E-state index in [1.165, 1.54) is 10.9 Å². The molecule has 2 rings (SSSR count).